The van der Waals surface area contributed by atoms with Crippen LogP contribution in [0.25, 0.3) is 0 Å². The monoisotopic (exact) mass is 342 g/mol. The van der Waals surface area contributed by atoms with Crippen molar-refractivity contribution in [1.29, 1.82) is 0 Å². The fourth-order valence-electron chi connectivity index (χ4n) is 2.30. The first-order valence-electron chi connectivity index (χ1n) is 11.8. The molecular formula is C18H38ClNO2. The molecule has 0 aromatic rings. The molecule has 0 aromatic carbocycles. The predicted molar refractivity (Wildman–Crippen MR) is 89.1 cm³/mol. The molecule has 0 aliphatic carbocycles. The highest BCUT2D eigenvalue weighted by molar-refractivity contribution is 5.82. The highest BCUT2D eigenvalue weighted by Crippen LogP contribution is 2.13. The van der Waals surface area contributed by atoms with Gasteiger partial charge in [0.1, 0.15) is 6.61 Å². The molecule has 0 aliphatic rings. The van der Waals surface area contributed by atoms with E-state index in [2.05, 4.69) is 5.73 Å². The first kappa shape index (κ1) is 13.2. The van der Waals surface area contributed by atoms with Crippen LogP contribution in [0.15, 0.2) is 0 Å². The van der Waals surface area contributed by atoms with Crippen LogP contribution in [0.1, 0.15) is 106 Å². The summed E-state index contributed by atoms with van der Waals surface area (Å²) < 4.78 is 52.2. The van der Waals surface area contributed by atoms with Gasteiger partial charge in [-0.1, -0.05) is 83.8 Å². The molecule has 0 amide bonds. The molecule has 4 N–H and O–H groups in total. The standard InChI is InChI=1S/C18H37NO2.ClH/c1-2-3-4-5-6-7-8-9-10-11-12-13-14-15-18(21)17(19)16-20;/h17,20H,2-16,19H2,1H3;1H/t17-;/m0./s1/i1D3,2D2,3D2;. The van der Waals surface area contributed by atoms with Crippen LogP contribution in [0.3, 0.4) is 0 Å². The van der Waals surface area contributed by atoms with Gasteiger partial charge in [-0.15, -0.1) is 0 Å². The number of carbonyl (C=O) groups excluding carboxylic acids is 1. The lowest BCUT2D eigenvalue weighted by molar-refractivity contribution is -0.408. The molecule has 22 heavy (non-hydrogen) atoms. The summed E-state index contributed by atoms with van der Waals surface area (Å²) in [6.07, 6.45) is 4.70. The van der Waals surface area contributed by atoms with Crippen LogP contribution < -0.4 is 18.1 Å². The van der Waals surface area contributed by atoms with Crippen LogP contribution >= 0.6 is 0 Å². The molecule has 0 saturated carbocycles. The molecule has 0 heterocycles. The van der Waals surface area contributed by atoms with E-state index in [0.717, 1.165) is 57.8 Å². The van der Waals surface area contributed by atoms with Crippen molar-refractivity contribution in [1.82, 2.24) is 0 Å². The zero-order valence-corrected chi connectivity index (χ0v) is 14.5. The quantitative estimate of drug-likeness (QED) is 0.404. The Bertz CT molecular complexity index is 448. The topological polar surface area (TPSA) is 64.9 Å². The van der Waals surface area contributed by atoms with Crippen LogP contribution in [-0.2, 0) is 4.79 Å². The summed E-state index contributed by atoms with van der Waals surface area (Å²) in [5, 5.41) is 8.85. The summed E-state index contributed by atoms with van der Waals surface area (Å²) >= 11 is 0. The van der Waals surface area contributed by atoms with Crippen molar-refractivity contribution in [2.75, 3.05) is 6.61 Å². The Balaban J connectivity index is 0. The number of quaternary nitrogens is 1. The third-order valence-corrected chi connectivity index (χ3v) is 3.74. The Morgan fingerprint density at radius 3 is 1.91 bits per heavy atom. The number of aliphatic hydroxyl groups is 1. The summed E-state index contributed by atoms with van der Waals surface area (Å²) in [5.41, 5.74) is 3.60. The second kappa shape index (κ2) is 18.9. The Kier molecular flexibility index (Phi) is 11.4. The number of halogens is 1. The maximum Gasteiger partial charge on any atom is 0.192 e. The van der Waals surface area contributed by atoms with Crippen LogP contribution in [0.5, 0.6) is 0 Å². The summed E-state index contributed by atoms with van der Waals surface area (Å²) in [6, 6.07) is -0.498. The SMILES string of the molecule is [2H]C([2H])([2H])C([2H])([2H])C([2H])([2H])CCCCCCCCCCCCC(=O)[C@@H]([NH3+])CO.[Cl-]. The number of unbranched alkanes of at least 4 members (excludes halogenated alkanes) is 9. The van der Waals surface area contributed by atoms with E-state index in [4.69, 9.17) is 14.7 Å². The summed E-state index contributed by atoms with van der Waals surface area (Å²) in [7, 11) is 0. The van der Waals surface area contributed by atoms with E-state index in [9.17, 15) is 4.79 Å². The van der Waals surface area contributed by atoms with Gasteiger partial charge in [0.2, 0.25) is 0 Å². The first-order chi connectivity index (χ1) is 12.9. The summed E-state index contributed by atoms with van der Waals surface area (Å²) in [4.78, 5) is 11.5. The van der Waals surface area contributed by atoms with E-state index in [1.165, 1.54) is 0 Å². The number of ketones is 1. The van der Waals surface area contributed by atoms with Gasteiger partial charge in [-0.25, -0.2) is 0 Å². The minimum Gasteiger partial charge on any atom is -1.00 e. The zero-order valence-electron chi connectivity index (χ0n) is 20.7. The Morgan fingerprint density at radius 2 is 1.45 bits per heavy atom. The van der Waals surface area contributed by atoms with E-state index < -0.39 is 25.6 Å². The van der Waals surface area contributed by atoms with Gasteiger partial charge in [-0.3, -0.25) is 4.79 Å². The maximum absolute atomic E-state index is 11.5. The Morgan fingerprint density at radius 1 is 1.00 bits per heavy atom. The van der Waals surface area contributed by atoms with Gasteiger partial charge in [-0.05, 0) is 6.42 Å². The molecule has 0 unspecified atom stereocenters. The summed E-state index contributed by atoms with van der Waals surface area (Å²) in [6.45, 7) is -3.15. The second-order valence-corrected chi connectivity index (χ2v) is 5.68. The largest absolute Gasteiger partial charge is 1.00 e. The van der Waals surface area contributed by atoms with Crippen molar-refractivity contribution in [3.63, 3.8) is 0 Å². The van der Waals surface area contributed by atoms with Gasteiger partial charge >= 0.3 is 0 Å². The average Bonchev–Trinajstić information content (AvgIpc) is 2.60. The van der Waals surface area contributed by atoms with Crippen molar-refractivity contribution in [2.24, 2.45) is 0 Å². The molecule has 0 fully saturated rings. The van der Waals surface area contributed by atoms with Crippen LogP contribution in [-0.4, -0.2) is 23.5 Å². The van der Waals surface area contributed by atoms with E-state index in [0.29, 0.717) is 12.8 Å². The third-order valence-electron chi connectivity index (χ3n) is 3.74. The number of Topliss-reactive ketones (excluding diaryl/α,β-unsaturated/α-hetero) is 1. The molecule has 3 nitrogen and oxygen atoms in total. The lowest BCUT2D eigenvalue weighted by Gasteiger charge is -2.04. The highest BCUT2D eigenvalue weighted by atomic mass is 35.5. The normalized spacial score (nSPS) is 18.5. The fraction of sp³-hybridized carbons (Fsp3) is 0.944. The van der Waals surface area contributed by atoms with Crippen LogP contribution in [0.4, 0.5) is 0 Å². The molecule has 134 valence electrons. The molecule has 0 spiro atoms. The molecule has 0 aliphatic heterocycles. The van der Waals surface area contributed by atoms with Gasteiger partial charge in [0.15, 0.2) is 11.8 Å². The predicted octanol–water partition coefficient (Wildman–Crippen LogP) is 0.644. The summed E-state index contributed by atoms with van der Waals surface area (Å²) in [5.74, 6) is 0.0267. The zero-order chi connectivity index (χ0) is 21.8. The van der Waals surface area contributed by atoms with Crippen molar-refractivity contribution < 1.29 is 37.6 Å². The van der Waals surface area contributed by atoms with Gasteiger partial charge in [0.05, 0.1) is 0 Å². The molecule has 0 saturated heterocycles. The van der Waals surface area contributed by atoms with Crippen molar-refractivity contribution in [3.8, 4) is 0 Å². The van der Waals surface area contributed by atoms with Crippen molar-refractivity contribution >= 4 is 5.78 Å². The lowest BCUT2D eigenvalue weighted by Crippen LogP contribution is -3.00. The van der Waals surface area contributed by atoms with E-state index in [-0.39, 0.29) is 31.2 Å². The number of carbonyl (C=O) groups is 1. The fourth-order valence-corrected chi connectivity index (χ4v) is 2.30. The van der Waals surface area contributed by atoms with Crippen LogP contribution in [0.2, 0.25) is 0 Å². The molecule has 1 atom stereocenters. The smallest absolute Gasteiger partial charge is 0.192 e. The van der Waals surface area contributed by atoms with E-state index in [1.54, 1.807) is 0 Å². The molecular weight excluding hydrogens is 298 g/mol. The molecule has 0 rings (SSSR count). The molecule has 0 aromatic heterocycles. The number of aliphatic hydroxyl groups excluding tert-OH is 1. The second-order valence-electron chi connectivity index (χ2n) is 5.68. The van der Waals surface area contributed by atoms with E-state index in [1.807, 2.05) is 0 Å². The van der Waals surface area contributed by atoms with E-state index >= 15 is 0 Å². The minimum atomic E-state index is -2.96. The number of hydrogen-bond acceptors (Lipinski definition) is 2. The van der Waals surface area contributed by atoms with Gasteiger partial charge in [0, 0.05) is 16.0 Å². The lowest BCUT2D eigenvalue weighted by atomic mass is 10.0. The maximum atomic E-state index is 11.5. The first-order valence-corrected chi connectivity index (χ1v) is 8.33. The van der Waals surface area contributed by atoms with Crippen molar-refractivity contribution in [2.45, 2.75) is 103 Å². The van der Waals surface area contributed by atoms with Gasteiger partial charge < -0.3 is 23.2 Å². The molecule has 4 heteroatoms. The van der Waals surface area contributed by atoms with Crippen LogP contribution in [0, 0.1) is 0 Å². The number of hydrogen-bond donors (Lipinski definition) is 2. The van der Waals surface area contributed by atoms with Gasteiger partial charge in [-0.2, -0.15) is 0 Å². The molecule has 0 bridgehead atoms. The number of rotatable bonds is 16. The minimum absolute atomic E-state index is 0. The highest BCUT2D eigenvalue weighted by Gasteiger charge is 2.14. The van der Waals surface area contributed by atoms with Crippen molar-refractivity contribution in [3.05, 3.63) is 0 Å². The van der Waals surface area contributed by atoms with Gasteiger partial charge in [0.25, 0.3) is 0 Å². The molecule has 0 radical (unpaired) electrons. The Labute approximate surface area is 153 Å². The third kappa shape index (κ3) is 16.3. The Hall–Kier alpha value is -0.120. The average molecular weight is 343 g/mol.